The molecule has 0 saturated heterocycles. The zero-order valence-electron chi connectivity index (χ0n) is 11.8. The Morgan fingerprint density at radius 1 is 0.952 bits per heavy atom. The quantitative estimate of drug-likeness (QED) is 0.820. The van der Waals surface area contributed by atoms with Crippen LogP contribution < -0.4 is 10.5 Å². The molecule has 0 aliphatic heterocycles. The number of nitrogens with two attached hydrogens (primary N) is 1. The molecule has 2 rings (SSSR count). The van der Waals surface area contributed by atoms with Crippen molar-refractivity contribution in [2.75, 3.05) is 12.3 Å². The van der Waals surface area contributed by atoms with Crippen molar-refractivity contribution in [2.45, 2.75) is 12.5 Å². The van der Waals surface area contributed by atoms with Crippen molar-refractivity contribution in [3.05, 3.63) is 71.8 Å². The van der Waals surface area contributed by atoms with Crippen molar-refractivity contribution in [1.29, 1.82) is 0 Å². The minimum absolute atomic E-state index is 0.0644. The second-order valence-corrected chi connectivity index (χ2v) is 6.71. The number of rotatable bonds is 7. The Balaban J connectivity index is 2.07. The van der Waals surface area contributed by atoms with Gasteiger partial charge in [0, 0.05) is 12.6 Å². The lowest BCUT2D eigenvalue weighted by molar-refractivity contribution is 0.542. The molecule has 0 radical (unpaired) electrons. The summed E-state index contributed by atoms with van der Waals surface area (Å²) in [7, 11) is -3.44. The van der Waals surface area contributed by atoms with E-state index in [1.807, 2.05) is 48.5 Å². The van der Waals surface area contributed by atoms with Crippen molar-refractivity contribution in [2.24, 2.45) is 5.14 Å². The minimum atomic E-state index is -3.44. The maximum absolute atomic E-state index is 11.0. The van der Waals surface area contributed by atoms with E-state index in [1.54, 1.807) is 0 Å². The monoisotopic (exact) mass is 304 g/mol. The molecule has 0 fully saturated rings. The van der Waals surface area contributed by atoms with E-state index in [9.17, 15) is 8.42 Å². The first-order chi connectivity index (χ1) is 10.0. The Morgan fingerprint density at radius 3 is 2.10 bits per heavy atom. The second kappa shape index (κ2) is 7.36. The van der Waals surface area contributed by atoms with Gasteiger partial charge in [-0.3, -0.25) is 0 Å². The summed E-state index contributed by atoms with van der Waals surface area (Å²) in [5.41, 5.74) is 2.34. The normalized spacial score (nSPS) is 13.0. The molecule has 4 nitrogen and oxygen atoms in total. The van der Waals surface area contributed by atoms with Gasteiger partial charge in [0.25, 0.3) is 0 Å². The molecule has 0 bridgehead atoms. The average molecular weight is 304 g/mol. The summed E-state index contributed by atoms with van der Waals surface area (Å²) >= 11 is 0. The van der Waals surface area contributed by atoms with Crippen LogP contribution >= 0.6 is 0 Å². The topological polar surface area (TPSA) is 72.2 Å². The van der Waals surface area contributed by atoms with Gasteiger partial charge >= 0.3 is 0 Å². The Bertz CT molecular complexity index is 642. The average Bonchev–Trinajstić information content (AvgIpc) is 2.47. The van der Waals surface area contributed by atoms with E-state index in [-0.39, 0.29) is 11.8 Å². The summed E-state index contributed by atoms with van der Waals surface area (Å²) in [6.07, 6.45) is 0.801. The number of nitrogens with one attached hydrogen (secondary N) is 1. The highest BCUT2D eigenvalue weighted by molar-refractivity contribution is 7.89. The Kier molecular flexibility index (Phi) is 5.50. The van der Waals surface area contributed by atoms with E-state index >= 15 is 0 Å². The highest BCUT2D eigenvalue weighted by atomic mass is 32.2. The lowest BCUT2D eigenvalue weighted by atomic mass is 9.99. The molecular formula is C16H20N2O2S. The fraction of sp³-hybridized carbons (Fsp3) is 0.250. The van der Waals surface area contributed by atoms with Crippen LogP contribution in [0.3, 0.4) is 0 Å². The molecule has 0 heterocycles. The molecule has 0 aromatic heterocycles. The van der Waals surface area contributed by atoms with Gasteiger partial charge < -0.3 is 5.32 Å². The third-order valence-electron chi connectivity index (χ3n) is 3.26. The maximum atomic E-state index is 11.0. The van der Waals surface area contributed by atoms with Crippen LogP contribution in [0.1, 0.15) is 17.2 Å². The lowest BCUT2D eigenvalue weighted by Gasteiger charge is -2.19. The summed E-state index contributed by atoms with van der Waals surface area (Å²) in [5, 5.41) is 8.33. The van der Waals surface area contributed by atoms with Gasteiger partial charge in [-0.15, -0.1) is 0 Å². The predicted molar refractivity (Wildman–Crippen MR) is 85.3 cm³/mol. The molecule has 1 unspecified atom stereocenters. The molecule has 0 saturated carbocycles. The van der Waals surface area contributed by atoms with Gasteiger partial charge in [-0.2, -0.15) is 0 Å². The van der Waals surface area contributed by atoms with E-state index in [0.717, 1.165) is 12.0 Å². The summed E-state index contributed by atoms with van der Waals surface area (Å²) in [6.45, 7) is 0.339. The van der Waals surface area contributed by atoms with Crippen LogP contribution in [-0.4, -0.2) is 20.7 Å². The molecule has 0 aliphatic rings. The predicted octanol–water partition coefficient (Wildman–Crippen LogP) is 1.85. The fourth-order valence-corrected chi connectivity index (χ4v) is 2.62. The van der Waals surface area contributed by atoms with Crippen LogP contribution in [0.2, 0.25) is 0 Å². The van der Waals surface area contributed by atoms with Gasteiger partial charge in [0.2, 0.25) is 10.0 Å². The molecule has 2 aromatic rings. The SMILES string of the molecule is NS(=O)(=O)CCNC(Cc1ccccc1)c1ccccc1. The third-order valence-corrected chi connectivity index (χ3v) is 4.04. The number of sulfonamides is 1. The number of benzene rings is 2. The molecule has 3 N–H and O–H groups in total. The van der Waals surface area contributed by atoms with Gasteiger partial charge in [-0.1, -0.05) is 60.7 Å². The summed E-state index contributed by atoms with van der Waals surface area (Å²) in [4.78, 5) is 0. The molecular weight excluding hydrogens is 284 g/mol. The smallest absolute Gasteiger partial charge is 0.210 e. The van der Waals surface area contributed by atoms with E-state index in [1.165, 1.54) is 5.56 Å². The van der Waals surface area contributed by atoms with E-state index in [4.69, 9.17) is 5.14 Å². The van der Waals surface area contributed by atoms with Crippen molar-refractivity contribution in [1.82, 2.24) is 5.32 Å². The molecule has 0 spiro atoms. The molecule has 21 heavy (non-hydrogen) atoms. The first kappa shape index (κ1) is 15.7. The first-order valence-corrected chi connectivity index (χ1v) is 8.59. The molecule has 112 valence electrons. The van der Waals surface area contributed by atoms with Crippen LogP contribution in [0.15, 0.2) is 60.7 Å². The van der Waals surface area contributed by atoms with E-state index < -0.39 is 10.0 Å². The van der Waals surface area contributed by atoms with Gasteiger partial charge in [0.05, 0.1) is 5.75 Å². The first-order valence-electron chi connectivity index (χ1n) is 6.87. The fourth-order valence-electron chi connectivity index (χ4n) is 2.22. The van der Waals surface area contributed by atoms with Crippen molar-refractivity contribution in [3.63, 3.8) is 0 Å². The molecule has 5 heteroatoms. The van der Waals surface area contributed by atoms with Crippen LogP contribution in [0.5, 0.6) is 0 Å². The number of primary sulfonamides is 1. The zero-order valence-corrected chi connectivity index (χ0v) is 12.6. The Labute approximate surface area is 126 Å². The highest BCUT2D eigenvalue weighted by Crippen LogP contribution is 2.18. The van der Waals surface area contributed by atoms with Crippen molar-refractivity contribution >= 4 is 10.0 Å². The number of hydrogen-bond donors (Lipinski definition) is 2. The van der Waals surface area contributed by atoms with Gasteiger partial charge in [-0.05, 0) is 17.5 Å². The maximum Gasteiger partial charge on any atom is 0.210 e. The molecule has 2 aromatic carbocycles. The van der Waals surface area contributed by atoms with Crippen LogP contribution in [0.25, 0.3) is 0 Å². The summed E-state index contributed by atoms with van der Waals surface area (Å²) in [5.74, 6) is -0.0644. The Morgan fingerprint density at radius 2 is 1.52 bits per heavy atom. The summed E-state index contributed by atoms with van der Waals surface area (Å²) < 4.78 is 22.1. The summed E-state index contributed by atoms with van der Waals surface area (Å²) in [6, 6.07) is 20.2. The zero-order chi connectivity index (χ0) is 15.1. The lowest BCUT2D eigenvalue weighted by Crippen LogP contribution is -2.31. The van der Waals surface area contributed by atoms with Gasteiger partial charge in [0.15, 0.2) is 0 Å². The largest absolute Gasteiger partial charge is 0.309 e. The second-order valence-electron chi connectivity index (χ2n) is 4.97. The van der Waals surface area contributed by atoms with Gasteiger partial charge in [0.1, 0.15) is 0 Å². The highest BCUT2D eigenvalue weighted by Gasteiger charge is 2.12. The van der Waals surface area contributed by atoms with Crippen LogP contribution in [-0.2, 0) is 16.4 Å². The molecule has 1 atom stereocenters. The Hall–Kier alpha value is -1.69. The third kappa shape index (κ3) is 5.67. The van der Waals surface area contributed by atoms with E-state index in [2.05, 4.69) is 17.4 Å². The minimum Gasteiger partial charge on any atom is -0.309 e. The van der Waals surface area contributed by atoms with Crippen LogP contribution in [0, 0.1) is 0 Å². The van der Waals surface area contributed by atoms with Crippen molar-refractivity contribution in [3.8, 4) is 0 Å². The van der Waals surface area contributed by atoms with Crippen molar-refractivity contribution < 1.29 is 8.42 Å². The van der Waals surface area contributed by atoms with Gasteiger partial charge in [-0.25, -0.2) is 13.6 Å². The van der Waals surface area contributed by atoms with E-state index in [0.29, 0.717) is 6.54 Å². The number of hydrogen-bond acceptors (Lipinski definition) is 3. The standard InChI is InChI=1S/C16H20N2O2S/c17-21(19,20)12-11-18-16(15-9-5-2-6-10-15)13-14-7-3-1-4-8-14/h1-10,16,18H,11-13H2,(H2,17,19,20). The van der Waals surface area contributed by atoms with Crippen LogP contribution in [0.4, 0.5) is 0 Å². The molecule has 0 amide bonds. The molecule has 0 aliphatic carbocycles.